The number of fused-ring (bicyclic) bond motifs is 3. The van der Waals surface area contributed by atoms with Gasteiger partial charge >= 0.3 is 0 Å². The second-order valence-corrected chi connectivity index (χ2v) is 6.29. The number of nitrogens with zero attached hydrogens (tertiary/aromatic N) is 1. The molecule has 0 aliphatic rings. The number of carbonyl (C=O) groups is 1. The molecule has 5 nitrogen and oxygen atoms in total. The van der Waals surface area contributed by atoms with Gasteiger partial charge in [0.1, 0.15) is 16.9 Å². The summed E-state index contributed by atoms with van der Waals surface area (Å²) in [6.07, 6.45) is 2.19. The molecule has 0 aliphatic heterocycles. The molecule has 5 heteroatoms. The van der Waals surface area contributed by atoms with Crippen molar-refractivity contribution in [3.8, 4) is 5.75 Å². The van der Waals surface area contributed by atoms with Crippen LogP contribution in [0.4, 0.5) is 5.69 Å². The molecule has 3 rings (SSSR count). The van der Waals surface area contributed by atoms with Gasteiger partial charge in [0.25, 0.3) is 0 Å². The molecule has 132 valence electrons. The number of furan rings is 1. The van der Waals surface area contributed by atoms with Crippen LogP contribution in [-0.2, 0) is 4.79 Å². The van der Waals surface area contributed by atoms with Gasteiger partial charge in [-0.1, -0.05) is 31.5 Å². The number of anilines is 1. The largest absolute Gasteiger partial charge is 0.495 e. The van der Waals surface area contributed by atoms with Gasteiger partial charge in [0.2, 0.25) is 5.91 Å². The lowest BCUT2D eigenvalue weighted by atomic mass is 10.1. The van der Waals surface area contributed by atoms with Crippen LogP contribution >= 0.6 is 0 Å². The zero-order valence-corrected chi connectivity index (χ0v) is 15.0. The van der Waals surface area contributed by atoms with Crippen LogP contribution in [0.15, 0.2) is 40.8 Å². The first kappa shape index (κ1) is 17.3. The topological polar surface area (TPSA) is 54.7 Å². The lowest BCUT2D eigenvalue weighted by Crippen LogP contribution is -2.30. The first-order valence-electron chi connectivity index (χ1n) is 8.60. The molecule has 0 atom stereocenters. The average molecular weight is 340 g/mol. The van der Waals surface area contributed by atoms with Crippen LogP contribution in [0.1, 0.15) is 19.8 Å². The van der Waals surface area contributed by atoms with Gasteiger partial charge in [-0.25, -0.2) is 0 Å². The second-order valence-electron chi connectivity index (χ2n) is 6.29. The third kappa shape index (κ3) is 3.77. The van der Waals surface area contributed by atoms with Gasteiger partial charge in [-0.05, 0) is 32.1 Å². The Bertz CT molecular complexity index is 885. The quantitative estimate of drug-likeness (QED) is 0.698. The van der Waals surface area contributed by atoms with Gasteiger partial charge < -0.3 is 14.5 Å². The van der Waals surface area contributed by atoms with E-state index in [0.717, 1.165) is 41.3 Å². The summed E-state index contributed by atoms with van der Waals surface area (Å²) in [4.78, 5) is 14.3. The molecule has 0 radical (unpaired) electrons. The van der Waals surface area contributed by atoms with Gasteiger partial charge in [0.05, 0.1) is 19.3 Å². The van der Waals surface area contributed by atoms with Crippen molar-refractivity contribution in [3.63, 3.8) is 0 Å². The lowest BCUT2D eigenvalue weighted by molar-refractivity contribution is -0.117. The van der Waals surface area contributed by atoms with Crippen LogP contribution in [0, 0.1) is 0 Å². The lowest BCUT2D eigenvalue weighted by Gasteiger charge is -2.16. The van der Waals surface area contributed by atoms with E-state index in [4.69, 9.17) is 9.15 Å². The number of methoxy groups -OCH3 is 1. The zero-order chi connectivity index (χ0) is 17.8. The maximum Gasteiger partial charge on any atom is 0.238 e. The molecule has 1 N–H and O–H groups in total. The van der Waals surface area contributed by atoms with E-state index in [1.165, 1.54) is 0 Å². The summed E-state index contributed by atoms with van der Waals surface area (Å²) in [5.74, 6) is 0.566. The van der Waals surface area contributed by atoms with E-state index >= 15 is 0 Å². The van der Waals surface area contributed by atoms with Crippen LogP contribution in [0.25, 0.3) is 21.9 Å². The van der Waals surface area contributed by atoms with Crippen molar-refractivity contribution < 1.29 is 13.9 Å². The van der Waals surface area contributed by atoms with Crippen molar-refractivity contribution in [2.24, 2.45) is 0 Å². The Morgan fingerprint density at radius 1 is 1.20 bits per heavy atom. The highest BCUT2D eigenvalue weighted by Gasteiger charge is 2.14. The maximum absolute atomic E-state index is 12.3. The number of carbonyl (C=O) groups excluding carboxylic acids is 1. The van der Waals surface area contributed by atoms with Gasteiger partial charge in [0.15, 0.2) is 0 Å². The van der Waals surface area contributed by atoms with Crippen LogP contribution in [0.2, 0.25) is 0 Å². The number of hydrogen-bond donors (Lipinski definition) is 1. The smallest absolute Gasteiger partial charge is 0.238 e. The molecule has 0 spiro atoms. The van der Waals surface area contributed by atoms with E-state index in [-0.39, 0.29) is 5.91 Å². The molecule has 0 bridgehead atoms. The standard InChI is InChI=1S/C20H24N2O3/c1-4-5-10-22(2)13-20(23)21-16-12-18-15(11-19(16)24-3)14-8-6-7-9-17(14)25-18/h6-9,11-12H,4-5,10,13H2,1-3H3,(H,21,23). The Morgan fingerprint density at radius 3 is 2.76 bits per heavy atom. The number of benzene rings is 2. The predicted molar refractivity (Wildman–Crippen MR) is 101 cm³/mol. The van der Waals surface area contributed by atoms with E-state index in [1.54, 1.807) is 7.11 Å². The van der Waals surface area contributed by atoms with Gasteiger partial charge in [-0.2, -0.15) is 0 Å². The molecule has 0 saturated carbocycles. The summed E-state index contributed by atoms with van der Waals surface area (Å²) in [5, 5.41) is 4.95. The SMILES string of the molecule is CCCCN(C)CC(=O)Nc1cc2oc3ccccc3c2cc1OC. The molecule has 2 aromatic carbocycles. The normalized spacial score (nSPS) is 11.4. The molecule has 0 fully saturated rings. The Labute approximate surface area is 147 Å². The fourth-order valence-corrected chi connectivity index (χ4v) is 2.96. The van der Waals surface area contributed by atoms with Crippen molar-refractivity contribution in [2.75, 3.05) is 32.6 Å². The molecule has 25 heavy (non-hydrogen) atoms. The molecule has 1 aromatic heterocycles. The molecule has 3 aromatic rings. The number of ether oxygens (including phenoxy) is 1. The second kappa shape index (κ2) is 7.57. The Hall–Kier alpha value is -2.53. The van der Waals surface area contributed by atoms with Crippen molar-refractivity contribution in [3.05, 3.63) is 36.4 Å². The van der Waals surface area contributed by atoms with Crippen LogP contribution < -0.4 is 10.1 Å². The molecule has 0 saturated heterocycles. The Morgan fingerprint density at radius 2 is 2.00 bits per heavy atom. The molecule has 1 amide bonds. The minimum Gasteiger partial charge on any atom is -0.495 e. The zero-order valence-electron chi connectivity index (χ0n) is 15.0. The molecule has 0 aliphatic carbocycles. The molecule has 0 unspecified atom stereocenters. The fourth-order valence-electron chi connectivity index (χ4n) is 2.96. The third-order valence-corrected chi connectivity index (χ3v) is 4.28. The number of hydrogen-bond acceptors (Lipinski definition) is 4. The summed E-state index contributed by atoms with van der Waals surface area (Å²) in [5.41, 5.74) is 2.18. The van der Waals surface area contributed by atoms with Crippen LogP contribution in [-0.4, -0.2) is 38.1 Å². The first-order valence-corrected chi connectivity index (χ1v) is 8.60. The summed E-state index contributed by atoms with van der Waals surface area (Å²) in [6.45, 7) is 3.40. The number of nitrogens with one attached hydrogen (secondary N) is 1. The minimum atomic E-state index is -0.0626. The van der Waals surface area contributed by atoms with Gasteiger partial charge in [-0.15, -0.1) is 0 Å². The molecular weight excluding hydrogens is 316 g/mol. The van der Waals surface area contributed by atoms with Crippen molar-refractivity contribution in [1.29, 1.82) is 0 Å². The molecule has 1 heterocycles. The highest BCUT2D eigenvalue weighted by molar-refractivity contribution is 6.07. The monoisotopic (exact) mass is 340 g/mol. The van der Waals surface area contributed by atoms with Crippen molar-refractivity contribution in [1.82, 2.24) is 4.90 Å². The minimum absolute atomic E-state index is 0.0626. The maximum atomic E-state index is 12.3. The average Bonchev–Trinajstić information content (AvgIpc) is 2.96. The van der Waals surface area contributed by atoms with E-state index in [2.05, 4.69) is 12.2 Å². The van der Waals surface area contributed by atoms with E-state index in [9.17, 15) is 4.79 Å². The van der Waals surface area contributed by atoms with E-state index < -0.39 is 0 Å². The van der Waals surface area contributed by atoms with Crippen LogP contribution in [0.5, 0.6) is 5.75 Å². The summed E-state index contributed by atoms with van der Waals surface area (Å²) in [7, 11) is 3.56. The van der Waals surface area contributed by atoms with Crippen molar-refractivity contribution >= 4 is 33.5 Å². The predicted octanol–water partition coefficient (Wildman–Crippen LogP) is 4.27. The number of rotatable bonds is 7. The number of para-hydroxylation sites is 1. The highest BCUT2D eigenvalue weighted by Crippen LogP contribution is 2.36. The van der Waals surface area contributed by atoms with Crippen molar-refractivity contribution in [2.45, 2.75) is 19.8 Å². The highest BCUT2D eigenvalue weighted by atomic mass is 16.5. The summed E-state index contributed by atoms with van der Waals surface area (Å²) < 4.78 is 11.4. The molecular formula is C20H24N2O3. The summed E-state index contributed by atoms with van der Waals surface area (Å²) >= 11 is 0. The van der Waals surface area contributed by atoms with E-state index in [0.29, 0.717) is 18.0 Å². The number of amides is 1. The first-order chi connectivity index (χ1) is 12.1. The van der Waals surface area contributed by atoms with Gasteiger partial charge in [0, 0.05) is 16.8 Å². The Balaban J connectivity index is 1.85. The summed E-state index contributed by atoms with van der Waals surface area (Å²) in [6, 6.07) is 11.6. The third-order valence-electron chi connectivity index (χ3n) is 4.28. The van der Waals surface area contributed by atoms with Crippen LogP contribution in [0.3, 0.4) is 0 Å². The number of unbranched alkanes of at least 4 members (excludes halogenated alkanes) is 1. The Kier molecular flexibility index (Phi) is 5.24. The number of likely N-dealkylation sites (N-methyl/N-ethyl adjacent to an activating group) is 1. The fraction of sp³-hybridized carbons (Fsp3) is 0.350. The van der Waals surface area contributed by atoms with Gasteiger partial charge in [-0.3, -0.25) is 9.69 Å². The van der Waals surface area contributed by atoms with E-state index in [1.807, 2.05) is 48.3 Å².